The molecule has 3 aromatic rings. The molecule has 0 unspecified atom stereocenters. The van der Waals surface area contributed by atoms with Crippen molar-refractivity contribution in [3.8, 4) is 12.0 Å². The number of nitrogens with two attached hydrogens (primary N) is 1. The van der Waals surface area contributed by atoms with Gasteiger partial charge in [-0.1, -0.05) is 24.3 Å². The molecule has 26 heavy (non-hydrogen) atoms. The van der Waals surface area contributed by atoms with Crippen LogP contribution in [0.2, 0.25) is 0 Å². The van der Waals surface area contributed by atoms with Gasteiger partial charge in [0, 0.05) is 7.11 Å². The summed E-state index contributed by atoms with van der Waals surface area (Å²) >= 11 is 0. The van der Waals surface area contributed by atoms with Crippen LogP contribution in [0.15, 0.2) is 24.3 Å². The molecule has 3 rings (SSSR count). The Labute approximate surface area is 150 Å². The van der Waals surface area contributed by atoms with E-state index in [1.807, 2.05) is 12.1 Å². The Morgan fingerprint density at radius 1 is 1.12 bits per heavy atom. The van der Waals surface area contributed by atoms with Crippen molar-refractivity contribution < 1.29 is 14.2 Å². The van der Waals surface area contributed by atoms with Crippen molar-refractivity contribution in [2.75, 3.05) is 33.2 Å². The third-order valence-corrected chi connectivity index (χ3v) is 3.67. The lowest BCUT2D eigenvalue weighted by Gasteiger charge is -2.09. The van der Waals surface area contributed by atoms with Gasteiger partial charge in [0.05, 0.1) is 26.8 Å². The zero-order valence-electron chi connectivity index (χ0n) is 14.5. The first kappa shape index (κ1) is 17.4. The summed E-state index contributed by atoms with van der Waals surface area (Å²) in [6, 6.07) is 7.79. The lowest BCUT2D eigenvalue weighted by molar-refractivity contribution is 0.141. The number of ether oxygens (including phenoxy) is 3. The van der Waals surface area contributed by atoms with Gasteiger partial charge in [0.25, 0.3) is 6.01 Å². The fourth-order valence-electron chi connectivity index (χ4n) is 2.42. The Bertz CT molecular complexity index is 946. The highest BCUT2D eigenvalue weighted by Gasteiger charge is 2.18. The molecule has 0 atom stereocenters. The maximum Gasteiger partial charge on any atom is 0.320 e. The average molecular weight is 354 g/mol. The number of methoxy groups -OCH3 is 2. The Morgan fingerprint density at radius 2 is 1.88 bits per heavy atom. The largest absolute Gasteiger partial charge is 0.468 e. The van der Waals surface area contributed by atoms with E-state index in [1.54, 1.807) is 23.8 Å². The Balaban J connectivity index is 1.99. The molecule has 0 aliphatic rings. The fraction of sp³-hybridized carbons (Fsp3) is 0.294. The summed E-state index contributed by atoms with van der Waals surface area (Å²) in [5, 5.41) is 0. The summed E-state index contributed by atoms with van der Waals surface area (Å²) in [5.41, 5.74) is 8.50. The number of benzene rings is 1. The molecule has 0 aliphatic heterocycles. The molecule has 2 aromatic heterocycles. The van der Waals surface area contributed by atoms with E-state index in [9.17, 15) is 0 Å². The monoisotopic (exact) mass is 354 g/mol. The van der Waals surface area contributed by atoms with E-state index < -0.39 is 0 Å². The van der Waals surface area contributed by atoms with Gasteiger partial charge in [-0.15, -0.1) is 0 Å². The van der Waals surface area contributed by atoms with Gasteiger partial charge in [-0.3, -0.25) is 4.57 Å². The van der Waals surface area contributed by atoms with E-state index in [-0.39, 0.29) is 11.8 Å². The van der Waals surface area contributed by atoms with Crippen molar-refractivity contribution in [3.63, 3.8) is 0 Å². The molecular weight excluding hydrogens is 336 g/mol. The van der Waals surface area contributed by atoms with Crippen molar-refractivity contribution in [2.45, 2.75) is 6.54 Å². The molecular formula is C17H18N6O3. The first-order valence-electron chi connectivity index (χ1n) is 7.82. The zero-order chi connectivity index (χ0) is 18.5. The number of hydrogen-bond donors (Lipinski definition) is 1. The van der Waals surface area contributed by atoms with Gasteiger partial charge in [0.15, 0.2) is 22.7 Å². The summed E-state index contributed by atoms with van der Waals surface area (Å²) in [6.45, 7) is 8.21. The third kappa shape index (κ3) is 3.50. The molecule has 0 aliphatic carbocycles. The number of imidazole rings is 1. The Morgan fingerprint density at radius 3 is 2.54 bits per heavy atom. The number of nitrogens with zero attached hydrogens (tertiary/aromatic N) is 5. The smallest absolute Gasteiger partial charge is 0.320 e. The Kier molecular flexibility index (Phi) is 5.15. The van der Waals surface area contributed by atoms with Crippen LogP contribution in [-0.4, -0.2) is 47.0 Å². The summed E-state index contributed by atoms with van der Waals surface area (Å²) in [6.07, 6.45) is 0. The number of aromatic nitrogens is 4. The van der Waals surface area contributed by atoms with E-state index in [1.165, 1.54) is 7.11 Å². The lowest BCUT2D eigenvalue weighted by atomic mass is 10.2. The van der Waals surface area contributed by atoms with Gasteiger partial charge in [-0.25, -0.2) is 4.85 Å². The maximum absolute atomic E-state index is 7.03. The summed E-state index contributed by atoms with van der Waals surface area (Å²) in [5.74, 6) is 0.211. The number of rotatable bonds is 7. The normalized spacial score (nSPS) is 10.7. The summed E-state index contributed by atoms with van der Waals surface area (Å²) in [7, 11) is 3.11. The standard InChI is InChI=1S/C17H18N6O3/c1-19-12-6-4-11(5-7-12)10-23-15-13(20-17(23)25-3)14(18)21-16(22-15)26-9-8-24-2/h4-7H,8-10H2,2-3H3,(H2,18,21,22). The molecule has 0 saturated carbocycles. The van der Waals surface area contributed by atoms with E-state index in [0.717, 1.165) is 5.56 Å². The van der Waals surface area contributed by atoms with E-state index in [0.29, 0.717) is 42.6 Å². The van der Waals surface area contributed by atoms with Gasteiger partial charge in [-0.05, 0) is 5.56 Å². The van der Waals surface area contributed by atoms with Gasteiger partial charge >= 0.3 is 6.01 Å². The maximum atomic E-state index is 7.03. The predicted molar refractivity (Wildman–Crippen MR) is 95.5 cm³/mol. The molecule has 1 aromatic carbocycles. The molecule has 0 spiro atoms. The lowest BCUT2D eigenvalue weighted by Crippen LogP contribution is -2.09. The predicted octanol–water partition coefficient (Wildman–Crippen LogP) is 2.04. The Hall–Kier alpha value is -3.38. The van der Waals surface area contributed by atoms with Gasteiger partial charge in [-0.2, -0.15) is 15.0 Å². The second-order valence-corrected chi connectivity index (χ2v) is 5.37. The minimum Gasteiger partial charge on any atom is -0.468 e. The van der Waals surface area contributed by atoms with E-state index >= 15 is 0 Å². The van der Waals surface area contributed by atoms with Gasteiger partial charge in [0.1, 0.15) is 6.61 Å². The first-order valence-corrected chi connectivity index (χ1v) is 7.82. The minimum atomic E-state index is 0.152. The van der Waals surface area contributed by atoms with Crippen molar-refractivity contribution in [1.82, 2.24) is 19.5 Å². The fourth-order valence-corrected chi connectivity index (χ4v) is 2.42. The van der Waals surface area contributed by atoms with Crippen LogP contribution in [0.4, 0.5) is 11.5 Å². The van der Waals surface area contributed by atoms with Crippen LogP contribution in [0, 0.1) is 6.57 Å². The minimum absolute atomic E-state index is 0.152. The topological polar surface area (TPSA) is 102 Å². The van der Waals surface area contributed by atoms with Crippen molar-refractivity contribution in [1.29, 1.82) is 0 Å². The van der Waals surface area contributed by atoms with Crippen LogP contribution < -0.4 is 15.2 Å². The number of nitrogen functional groups attached to an aromatic ring is 1. The summed E-state index contributed by atoms with van der Waals surface area (Å²) < 4.78 is 17.6. The molecule has 0 saturated heterocycles. The average Bonchev–Trinajstić information content (AvgIpc) is 3.01. The highest BCUT2D eigenvalue weighted by molar-refractivity contribution is 5.83. The molecule has 0 radical (unpaired) electrons. The highest BCUT2D eigenvalue weighted by Crippen LogP contribution is 2.26. The van der Waals surface area contributed by atoms with Crippen molar-refractivity contribution in [3.05, 3.63) is 41.2 Å². The zero-order valence-corrected chi connectivity index (χ0v) is 14.5. The quantitative estimate of drug-likeness (QED) is 0.512. The molecule has 0 bridgehead atoms. The van der Waals surface area contributed by atoms with Gasteiger partial charge in [0.2, 0.25) is 0 Å². The number of hydrogen-bond acceptors (Lipinski definition) is 7. The second kappa shape index (κ2) is 7.67. The molecule has 2 N–H and O–H groups in total. The summed E-state index contributed by atoms with van der Waals surface area (Å²) in [4.78, 5) is 16.3. The third-order valence-electron chi connectivity index (χ3n) is 3.67. The molecule has 134 valence electrons. The van der Waals surface area contributed by atoms with Crippen LogP contribution in [0.1, 0.15) is 5.56 Å². The van der Waals surface area contributed by atoms with Crippen LogP contribution in [0.25, 0.3) is 16.0 Å². The van der Waals surface area contributed by atoms with Crippen LogP contribution in [-0.2, 0) is 11.3 Å². The van der Waals surface area contributed by atoms with E-state index in [4.69, 9.17) is 26.5 Å². The molecule has 9 nitrogen and oxygen atoms in total. The first-order chi connectivity index (χ1) is 12.7. The molecule has 9 heteroatoms. The van der Waals surface area contributed by atoms with Crippen LogP contribution in [0.3, 0.4) is 0 Å². The highest BCUT2D eigenvalue weighted by atomic mass is 16.5. The molecule has 0 fully saturated rings. The van der Waals surface area contributed by atoms with Crippen LogP contribution >= 0.6 is 0 Å². The SMILES string of the molecule is [C-]#[N+]c1ccc(Cn2c(OC)nc3c(N)nc(OCCOC)nc32)cc1. The van der Waals surface area contributed by atoms with Crippen molar-refractivity contribution in [2.24, 2.45) is 0 Å². The van der Waals surface area contributed by atoms with Gasteiger partial charge < -0.3 is 19.9 Å². The van der Waals surface area contributed by atoms with Crippen molar-refractivity contribution >= 4 is 22.7 Å². The van der Waals surface area contributed by atoms with Crippen LogP contribution in [0.5, 0.6) is 12.0 Å². The second-order valence-electron chi connectivity index (χ2n) is 5.37. The number of fused-ring (bicyclic) bond motifs is 1. The van der Waals surface area contributed by atoms with E-state index in [2.05, 4.69) is 19.8 Å². The number of anilines is 1. The molecule has 0 amide bonds. The molecule has 2 heterocycles.